The fourth-order valence-corrected chi connectivity index (χ4v) is 1.98. The summed E-state index contributed by atoms with van der Waals surface area (Å²) in [6.07, 6.45) is 2.23. The number of rotatable bonds is 6. The molecule has 2 atom stereocenters. The van der Waals surface area contributed by atoms with Gasteiger partial charge in [-0.3, -0.25) is 4.90 Å². The lowest BCUT2D eigenvalue weighted by Gasteiger charge is -2.25. The standard InChI is InChI=1S/C14H23ClN2/c1-11(16)5-4-10-17(3)12(2)13-6-8-14(15)9-7-13/h6-9,11-12H,4-5,10,16H2,1-3H3. The van der Waals surface area contributed by atoms with Crippen molar-refractivity contribution in [3.05, 3.63) is 34.9 Å². The molecule has 0 heterocycles. The highest BCUT2D eigenvalue weighted by Crippen LogP contribution is 2.20. The molecule has 96 valence electrons. The Balaban J connectivity index is 2.45. The first-order chi connectivity index (χ1) is 8.00. The first-order valence-electron chi connectivity index (χ1n) is 6.22. The normalized spacial score (nSPS) is 14.9. The van der Waals surface area contributed by atoms with Crippen molar-refractivity contribution < 1.29 is 0 Å². The second-order valence-corrected chi connectivity index (χ2v) is 5.26. The molecular formula is C14H23ClN2. The summed E-state index contributed by atoms with van der Waals surface area (Å²) in [5.74, 6) is 0. The van der Waals surface area contributed by atoms with Crippen LogP contribution in [0.15, 0.2) is 24.3 Å². The van der Waals surface area contributed by atoms with E-state index in [-0.39, 0.29) is 0 Å². The summed E-state index contributed by atoms with van der Waals surface area (Å²) in [5.41, 5.74) is 7.05. The Hall–Kier alpha value is -0.570. The number of halogens is 1. The van der Waals surface area contributed by atoms with Gasteiger partial charge in [-0.2, -0.15) is 0 Å². The van der Waals surface area contributed by atoms with E-state index in [1.807, 2.05) is 12.1 Å². The molecule has 0 aliphatic rings. The second kappa shape index (κ2) is 7.00. The van der Waals surface area contributed by atoms with Crippen LogP contribution >= 0.6 is 11.6 Å². The van der Waals surface area contributed by atoms with Gasteiger partial charge in [0.05, 0.1) is 0 Å². The molecule has 2 nitrogen and oxygen atoms in total. The van der Waals surface area contributed by atoms with Gasteiger partial charge in [0.15, 0.2) is 0 Å². The zero-order chi connectivity index (χ0) is 12.8. The van der Waals surface area contributed by atoms with Gasteiger partial charge in [0.2, 0.25) is 0 Å². The van der Waals surface area contributed by atoms with Crippen molar-refractivity contribution in [2.75, 3.05) is 13.6 Å². The molecule has 17 heavy (non-hydrogen) atoms. The number of nitrogens with two attached hydrogens (primary N) is 1. The molecule has 0 saturated carbocycles. The third-order valence-electron chi connectivity index (χ3n) is 3.18. The minimum Gasteiger partial charge on any atom is -0.328 e. The van der Waals surface area contributed by atoms with Crippen molar-refractivity contribution >= 4 is 11.6 Å². The highest BCUT2D eigenvalue weighted by molar-refractivity contribution is 6.30. The summed E-state index contributed by atoms with van der Waals surface area (Å²) >= 11 is 5.89. The molecule has 0 amide bonds. The lowest BCUT2D eigenvalue weighted by atomic mass is 10.1. The van der Waals surface area contributed by atoms with E-state index in [2.05, 4.69) is 37.9 Å². The Kier molecular flexibility index (Phi) is 5.96. The molecule has 1 aromatic rings. The zero-order valence-corrected chi connectivity index (χ0v) is 11.7. The van der Waals surface area contributed by atoms with Crippen LogP contribution in [-0.2, 0) is 0 Å². The van der Waals surface area contributed by atoms with Crippen molar-refractivity contribution in [2.45, 2.75) is 38.8 Å². The first-order valence-corrected chi connectivity index (χ1v) is 6.59. The molecule has 0 spiro atoms. The van der Waals surface area contributed by atoms with Gasteiger partial charge in [0, 0.05) is 17.1 Å². The third-order valence-corrected chi connectivity index (χ3v) is 3.44. The Morgan fingerprint density at radius 3 is 2.35 bits per heavy atom. The van der Waals surface area contributed by atoms with Gasteiger partial charge in [-0.25, -0.2) is 0 Å². The molecule has 2 N–H and O–H groups in total. The summed E-state index contributed by atoms with van der Waals surface area (Å²) in [7, 11) is 2.15. The summed E-state index contributed by atoms with van der Waals surface area (Å²) in [5, 5.41) is 0.792. The quantitative estimate of drug-likeness (QED) is 0.843. The van der Waals surface area contributed by atoms with E-state index in [0.717, 1.165) is 24.4 Å². The van der Waals surface area contributed by atoms with Crippen LogP contribution in [0.4, 0.5) is 0 Å². The Labute approximate surface area is 110 Å². The average Bonchev–Trinajstić information content (AvgIpc) is 2.28. The highest BCUT2D eigenvalue weighted by Gasteiger charge is 2.11. The molecule has 0 aliphatic heterocycles. The van der Waals surface area contributed by atoms with E-state index in [1.54, 1.807) is 0 Å². The molecule has 1 aromatic carbocycles. The predicted octanol–water partition coefficient (Wildman–Crippen LogP) is 3.46. The highest BCUT2D eigenvalue weighted by atomic mass is 35.5. The summed E-state index contributed by atoms with van der Waals surface area (Å²) in [4.78, 5) is 2.35. The van der Waals surface area contributed by atoms with Gasteiger partial charge >= 0.3 is 0 Å². The van der Waals surface area contributed by atoms with Gasteiger partial charge < -0.3 is 5.73 Å². The van der Waals surface area contributed by atoms with Crippen LogP contribution < -0.4 is 5.73 Å². The Morgan fingerprint density at radius 2 is 1.82 bits per heavy atom. The van der Waals surface area contributed by atoms with Crippen LogP contribution in [0.25, 0.3) is 0 Å². The smallest absolute Gasteiger partial charge is 0.0406 e. The molecule has 0 bridgehead atoms. The molecular weight excluding hydrogens is 232 g/mol. The van der Waals surface area contributed by atoms with Gasteiger partial charge in [-0.05, 0) is 58.0 Å². The molecule has 2 unspecified atom stereocenters. The largest absolute Gasteiger partial charge is 0.328 e. The molecule has 0 saturated heterocycles. The third kappa shape index (κ3) is 5.07. The zero-order valence-electron chi connectivity index (χ0n) is 11.0. The average molecular weight is 255 g/mol. The second-order valence-electron chi connectivity index (χ2n) is 4.83. The maximum absolute atomic E-state index is 5.89. The number of hydrogen-bond donors (Lipinski definition) is 1. The van der Waals surface area contributed by atoms with Crippen molar-refractivity contribution in [3.8, 4) is 0 Å². The van der Waals surface area contributed by atoms with E-state index in [1.165, 1.54) is 5.56 Å². The van der Waals surface area contributed by atoms with E-state index in [9.17, 15) is 0 Å². The van der Waals surface area contributed by atoms with Crippen molar-refractivity contribution in [2.24, 2.45) is 5.73 Å². The topological polar surface area (TPSA) is 29.3 Å². The summed E-state index contributed by atoms with van der Waals surface area (Å²) in [6.45, 7) is 5.35. The van der Waals surface area contributed by atoms with Gasteiger partial charge in [-0.1, -0.05) is 23.7 Å². The fraction of sp³-hybridized carbons (Fsp3) is 0.571. The molecule has 1 rings (SSSR count). The molecule has 0 fully saturated rings. The van der Waals surface area contributed by atoms with Crippen LogP contribution in [0.1, 0.15) is 38.3 Å². The van der Waals surface area contributed by atoms with E-state index < -0.39 is 0 Å². The lowest BCUT2D eigenvalue weighted by Crippen LogP contribution is -2.25. The van der Waals surface area contributed by atoms with E-state index >= 15 is 0 Å². The molecule has 3 heteroatoms. The van der Waals surface area contributed by atoms with Gasteiger partial charge in [0.1, 0.15) is 0 Å². The fourth-order valence-electron chi connectivity index (χ4n) is 1.85. The van der Waals surface area contributed by atoms with Crippen molar-refractivity contribution in [1.82, 2.24) is 4.90 Å². The van der Waals surface area contributed by atoms with Crippen molar-refractivity contribution in [1.29, 1.82) is 0 Å². The van der Waals surface area contributed by atoms with Gasteiger partial charge in [-0.15, -0.1) is 0 Å². The van der Waals surface area contributed by atoms with Crippen LogP contribution in [0, 0.1) is 0 Å². The molecule has 0 aromatic heterocycles. The Morgan fingerprint density at radius 1 is 1.24 bits per heavy atom. The van der Waals surface area contributed by atoms with Crippen LogP contribution in [0.3, 0.4) is 0 Å². The summed E-state index contributed by atoms with van der Waals surface area (Å²) in [6, 6.07) is 8.80. The van der Waals surface area contributed by atoms with E-state index in [4.69, 9.17) is 17.3 Å². The SMILES string of the molecule is CC(N)CCCN(C)C(C)c1ccc(Cl)cc1. The number of nitrogens with zero attached hydrogens (tertiary/aromatic N) is 1. The van der Waals surface area contributed by atoms with Gasteiger partial charge in [0.25, 0.3) is 0 Å². The summed E-state index contributed by atoms with van der Waals surface area (Å²) < 4.78 is 0. The maximum Gasteiger partial charge on any atom is 0.0406 e. The molecule has 0 aliphatic carbocycles. The molecule has 0 radical (unpaired) electrons. The lowest BCUT2D eigenvalue weighted by molar-refractivity contribution is 0.254. The maximum atomic E-state index is 5.89. The Bertz CT molecular complexity index is 321. The van der Waals surface area contributed by atoms with Crippen LogP contribution in [0.2, 0.25) is 5.02 Å². The predicted molar refractivity (Wildman–Crippen MR) is 75.4 cm³/mol. The monoisotopic (exact) mass is 254 g/mol. The van der Waals surface area contributed by atoms with Crippen molar-refractivity contribution in [3.63, 3.8) is 0 Å². The minimum atomic E-state index is 0.300. The van der Waals surface area contributed by atoms with Crippen LogP contribution in [-0.4, -0.2) is 24.5 Å². The number of hydrogen-bond acceptors (Lipinski definition) is 2. The minimum absolute atomic E-state index is 0.300. The van der Waals surface area contributed by atoms with Crippen LogP contribution in [0.5, 0.6) is 0 Å². The van der Waals surface area contributed by atoms with E-state index in [0.29, 0.717) is 12.1 Å². The number of benzene rings is 1. The first kappa shape index (κ1) is 14.5.